The van der Waals surface area contributed by atoms with E-state index >= 15 is 0 Å². The summed E-state index contributed by atoms with van der Waals surface area (Å²) < 4.78 is 11.7. The summed E-state index contributed by atoms with van der Waals surface area (Å²) in [6.07, 6.45) is 3.47. The minimum Gasteiger partial charge on any atom is -0.507 e. The Morgan fingerprint density at radius 1 is 1.17 bits per heavy atom. The summed E-state index contributed by atoms with van der Waals surface area (Å²) in [6, 6.07) is 12.2. The Labute approximate surface area is 213 Å². The Kier molecular flexibility index (Phi) is 7.99. The van der Waals surface area contributed by atoms with E-state index in [0.717, 1.165) is 42.7 Å². The number of rotatable bonds is 10. The lowest BCUT2D eigenvalue weighted by molar-refractivity contribution is -0.139. The van der Waals surface area contributed by atoms with Gasteiger partial charge in [-0.15, -0.1) is 0 Å². The Balaban J connectivity index is 1.75. The van der Waals surface area contributed by atoms with Gasteiger partial charge in [0.2, 0.25) is 0 Å². The van der Waals surface area contributed by atoms with Gasteiger partial charge in [-0.3, -0.25) is 9.59 Å². The van der Waals surface area contributed by atoms with Crippen LogP contribution in [-0.2, 0) is 16.0 Å². The van der Waals surface area contributed by atoms with Gasteiger partial charge >= 0.3 is 0 Å². The highest BCUT2D eigenvalue weighted by Crippen LogP contribution is 2.41. The zero-order valence-electron chi connectivity index (χ0n) is 21.6. The molecule has 7 heteroatoms. The molecule has 2 heterocycles. The van der Waals surface area contributed by atoms with Crippen LogP contribution in [0.25, 0.3) is 5.76 Å². The first-order chi connectivity index (χ1) is 17.3. The second-order valence-electron chi connectivity index (χ2n) is 9.88. The van der Waals surface area contributed by atoms with E-state index in [4.69, 9.17) is 9.47 Å². The fourth-order valence-electron chi connectivity index (χ4n) is 4.85. The fraction of sp³-hybridized carbons (Fsp3) is 0.448. The first kappa shape index (κ1) is 25.8. The molecule has 0 saturated carbocycles. The maximum atomic E-state index is 13.3. The quantitative estimate of drug-likeness (QED) is 0.227. The SMILES string of the molecule is CCCCOc1cccc([C@@H]2C(=C(O)c3ccc4c(c3)C[C@H](C)O4)C(=O)C(=O)N2CCCN(C)C)c1. The van der Waals surface area contributed by atoms with Crippen molar-refractivity contribution in [3.8, 4) is 11.5 Å². The average Bonchev–Trinajstić information content (AvgIpc) is 3.34. The van der Waals surface area contributed by atoms with Gasteiger partial charge in [-0.2, -0.15) is 0 Å². The van der Waals surface area contributed by atoms with Crippen LogP contribution in [0.5, 0.6) is 11.5 Å². The van der Waals surface area contributed by atoms with Crippen LogP contribution in [0.1, 0.15) is 55.8 Å². The molecule has 4 rings (SSSR count). The predicted octanol–water partition coefficient (Wildman–Crippen LogP) is 4.56. The smallest absolute Gasteiger partial charge is 0.295 e. The number of fused-ring (bicyclic) bond motifs is 1. The highest BCUT2D eigenvalue weighted by molar-refractivity contribution is 6.46. The van der Waals surface area contributed by atoms with Crippen molar-refractivity contribution in [1.29, 1.82) is 0 Å². The van der Waals surface area contributed by atoms with Crippen LogP contribution >= 0.6 is 0 Å². The number of unbranched alkanes of at least 4 members (excludes halogenated alkanes) is 1. The third-order valence-corrected chi connectivity index (χ3v) is 6.65. The minimum absolute atomic E-state index is 0.0649. The van der Waals surface area contributed by atoms with E-state index < -0.39 is 17.7 Å². The van der Waals surface area contributed by atoms with Crippen molar-refractivity contribution in [2.75, 3.05) is 33.8 Å². The molecule has 0 radical (unpaired) electrons. The van der Waals surface area contributed by atoms with Crippen molar-refractivity contribution in [3.63, 3.8) is 0 Å². The molecule has 2 aromatic carbocycles. The molecule has 7 nitrogen and oxygen atoms in total. The van der Waals surface area contributed by atoms with Crippen molar-refractivity contribution in [2.24, 2.45) is 0 Å². The van der Waals surface area contributed by atoms with E-state index in [1.807, 2.05) is 62.3 Å². The first-order valence-electron chi connectivity index (χ1n) is 12.8. The summed E-state index contributed by atoms with van der Waals surface area (Å²) >= 11 is 0. The van der Waals surface area contributed by atoms with Crippen LogP contribution in [0.3, 0.4) is 0 Å². The first-order valence-corrected chi connectivity index (χ1v) is 12.8. The Morgan fingerprint density at radius 3 is 2.72 bits per heavy atom. The van der Waals surface area contributed by atoms with Gasteiger partial charge in [0.25, 0.3) is 11.7 Å². The van der Waals surface area contributed by atoms with Crippen molar-refractivity contribution in [3.05, 3.63) is 64.7 Å². The predicted molar refractivity (Wildman–Crippen MR) is 139 cm³/mol. The van der Waals surface area contributed by atoms with Gasteiger partial charge < -0.3 is 24.4 Å². The number of likely N-dealkylation sites (tertiary alicyclic amines) is 1. The molecule has 0 bridgehead atoms. The van der Waals surface area contributed by atoms with Crippen molar-refractivity contribution in [1.82, 2.24) is 9.80 Å². The number of ether oxygens (including phenoxy) is 2. The van der Waals surface area contributed by atoms with E-state index in [0.29, 0.717) is 30.9 Å². The highest BCUT2D eigenvalue weighted by atomic mass is 16.5. The molecule has 0 aromatic heterocycles. The van der Waals surface area contributed by atoms with Gasteiger partial charge in [0.05, 0.1) is 18.2 Å². The van der Waals surface area contributed by atoms with Gasteiger partial charge in [-0.1, -0.05) is 25.5 Å². The fourth-order valence-corrected chi connectivity index (χ4v) is 4.85. The topological polar surface area (TPSA) is 79.3 Å². The number of carbonyl (C=O) groups excluding carboxylic acids is 2. The van der Waals surface area contributed by atoms with Crippen LogP contribution in [0.4, 0.5) is 0 Å². The lowest BCUT2D eigenvalue weighted by Crippen LogP contribution is -2.32. The van der Waals surface area contributed by atoms with Gasteiger partial charge in [-0.25, -0.2) is 0 Å². The number of hydrogen-bond acceptors (Lipinski definition) is 6. The minimum atomic E-state index is -0.690. The third-order valence-electron chi connectivity index (χ3n) is 6.65. The molecule has 1 saturated heterocycles. The zero-order chi connectivity index (χ0) is 25.8. The number of aliphatic hydroxyl groups is 1. The molecule has 2 aliphatic heterocycles. The monoisotopic (exact) mass is 492 g/mol. The van der Waals surface area contributed by atoms with Crippen molar-refractivity contribution >= 4 is 17.4 Å². The number of amides is 1. The molecule has 0 spiro atoms. The van der Waals surface area contributed by atoms with E-state index in [-0.39, 0.29) is 17.4 Å². The van der Waals surface area contributed by atoms with E-state index in [1.54, 1.807) is 11.0 Å². The molecule has 1 amide bonds. The van der Waals surface area contributed by atoms with Gasteiger partial charge in [-0.05, 0) is 81.9 Å². The van der Waals surface area contributed by atoms with E-state index in [9.17, 15) is 14.7 Å². The Hall–Kier alpha value is -3.32. The molecular formula is C29H36N2O5. The second kappa shape index (κ2) is 11.2. The van der Waals surface area contributed by atoms with Crippen LogP contribution in [-0.4, -0.2) is 66.5 Å². The zero-order valence-corrected chi connectivity index (χ0v) is 21.6. The van der Waals surface area contributed by atoms with Crippen molar-refractivity contribution < 1.29 is 24.2 Å². The number of hydrogen-bond donors (Lipinski definition) is 1. The van der Waals surface area contributed by atoms with E-state index in [2.05, 4.69) is 6.92 Å². The second-order valence-corrected chi connectivity index (χ2v) is 9.88. The van der Waals surface area contributed by atoms with E-state index in [1.165, 1.54) is 0 Å². The highest BCUT2D eigenvalue weighted by Gasteiger charge is 2.46. The molecule has 2 aliphatic rings. The van der Waals surface area contributed by atoms with Gasteiger partial charge in [0.15, 0.2) is 0 Å². The standard InChI is InChI=1S/C29H36N2O5/c1-5-6-15-35-23-10-7-9-20(18-23)26-25(28(33)29(34)31(26)14-8-13-30(3)4)27(32)21-11-12-24-22(17-21)16-19(2)36-24/h7,9-12,17-19,26,32H,5-6,8,13-16H2,1-4H3/t19-,26+/m0/s1. The molecule has 1 fully saturated rings. The Bertz CT molecular complexity index is 1160. The van der Waals surface area contributed by atoms with Crippen molar-refractivity contribution in [2.45, 2.75) is 51.7 Å². The summed E-state index contributed by atoms with van der Waals surface area (Å²) in [5.74, 6) is 0.0637. The summed E-state index contributed by atoms with van der Waals surface area (Å²) in [7, 11) is 3.95. The molecule has 0 unspecified atom stereocenters. The van der Waals surface area contributed by atoms with Crippen LogP contribution in [0.15, 0.2) is 48.0 Å². The number of nitrogens with zero attached hydrogens (tertiary/aromatic N) is 2. The average molecular weight is 493 g/mol. The summed E-state index contributed by atoms with van der Waals surface area (Å²) in [6.45, 7) is 5.87. The molecule has 192 valence electrons. The number of benzene rings is 2. The molecular weight excluding hydrogens is 456 g/mol. The number of ketones is 1. The molecule has 1 N–H and O–H groups in total. The Morgan fingerprint density at radius 2 is 1.97 bits per heavy atom. The molecule has 36 heavy (non-hydrogen) atoms. The lowest BCUT2D eigenvalue weighted by atomic mass is 9.94. The largest absolute Gasteiger partial charge is 0.507 e. The number of Topliss-reactive ketones (excluding diaryl/α,β-unsaturated/α-hetero) is 1. The maximum absolute atomic E-state index is 13.3. The van der Waals surface area contributed by atoms with Gasteiger partial charge in [0, 0.05) is 18.5 Å². The van der Waals surface area contributed by atoms with Crippen LogP contribution in [0.2, 0.25) is 0 Å². The van der Waals surface area contributed by atoms with Crippen LogP contribution < -0.4 is 9.47 Å². The maximum Gasteiger partial charge on any atom is 0.295 e. The normalized spacial score (nSPS) is 20.6. The molecule has 2 atom stereocenters. The number of carbonyl (C=O) groups is 2. The molecule has 0 aliphatic carbocycles. The van der Waals surface area contributed by atoms with Gasteiger partial charge in [0.1, 0.15) is 23.4 Å². The summed E-state index contributed by atoms with van der Waals surface area (Å²) in [5.41, 5.74) is 2.35. The van der Waals surface area contributed by atoms with Crippen LogP contribution in [0, 0.1) is 0 Å². The number of aliphatic hydroxyl groups excluding tert-OH is 1. The third kappa shape index (κ3) is 5.41. The lowest BCUT2D eigenvalue weighted by Gasteiger charge is -2.26. The summed E-state index contributed by atoms with van der Waals surface area (Å²) in [5, 5.41) is 11.4. The summed E-state index contributed by atoms with van der Waals surface area (Å²) in [4.78, 5) is 30.1. The molecule has 2 aromatic rings.